The topological polar surface area (TPSA) is 19.0 Å². The number of hydrogen-bond donors (Lipinski definition) is 1. The van der Waals surface area contributed by atoms with Crippen LogP contribution in [0.1, 0.15) is 28.2 Å². The van der Waals surface area contributed by atoms with Crippen molar-refractivity contribution in [2.75, 3.05) is 4.90 Å². The first-order valence-corrected chi connectivity index (χ1v) is 12.0. The van der Waals surface area contributed by atoms with Crippen LogP contribution in [-0.4, -0.2) is 11.0 Å². The first kappa shape index (κ1) is 19.4. The van der Waals surface area contributed by atoms with E-state index >= 15 is 0 Å². The lowest BCUT2D eigenvalue weighted by Crippen LogP contribution is -2.28. The van der Waals surface area contributed by atoms with Gasteiger partial charge in [-0.05, 0) is 66.9 Å². The van der Waals surface area contributed by atoms with Crippen LogP contribution < -0.4 is 4.90 Å². The van der Waals surface area contributed by atoms with Gasteiger partial charge < -0.3 is 9.88 Å². The molecule has 7 rings (SSSR count). The van der Waals surface area contributed by atoms with Gasteiger partial charge in [-0.25, -0.2) is 0 Å². The number of rotatable bonds is 2. The molecule has 2 unspecified atom stereocenters. The molecule has 2 heterocycles. The highest BCUT2D eigenvalue weighted by molar-refractivity contribution is 6.08. The lowest BCUT2D eigenvalue weighted by molar-refractivity contribution is 0.747. The van der Waals surface area contributed by atoms with Crippen molar-refractivity contribution in [3.63, 3.8) is 0 Å². The van der Waals surface area contributed by atoms with Gasteiger partial charge in [0.2, 0.25) is 0 Å². The van der Waals surface area contributed by atoms with E-state index in [1.807, 2.05) is 0 Å². The number of para-hydroxylation sites is 1. The molecule has 0 saturated heterocycles. The first-order valence-electron chi connectivity index (χ1n) is 12.0. The zero-order valence-electron chi connectivity index (χ0n) is 19.4. The summed E-state index contributed by atoms with van der Waals surface area (Å²) in [5, 5.41) is 2.57. The van der Waals surface area contributed by atoms with E-state index in [1.54, 1.807) is 0 Å². The summed E-state index contributed by atoms with van der Waals surface area (Å²) in [6.07, 6.45) is 7.19. The number of hydrogen-bond acceptors (Lipinski definition) is 1. The largest absolute Gasteiger partial charge is 0.355 e. The van der Waals surface area contributed by atoms with E-state index in [1.165, 1.54) is 61.0 Å². The Kier molecular flexibility index (Phi) is 4.13. The molecule has 0 radical (unpaired) electrons. The van der Waals surface area contributed by atoms with Crippen molar-refractivity contribution >= 4 is 38.8 Å². The van der Waals surface area contributed by atoms with Gasteiger partial charge in [0.05, 0.1) is 6.04 Å². The number of aromatic amines is 1. The second-order valence-corrected chi connectivity index (χ2v) is 9.70. The van der Waals surface area contributed by atoms with E-state index in [9.17, 15) is 0 Å². The molecule has 2 aliphatic rings. The Hall–Kier alpha value is -4.04. The molecule has 0 saturated carbocycles. The van der Waals surface area contributed by atoms with Crippen molar-refractivity contribution in [2.45, 2.75) is 25.8 Å². The molecule has 1 aliphatic heterocycles. The molecule has 4 aromatic carbocycles. The fourth-order valence-corrected chi connectivity index (χ4v) is 5.75. The van der Waals surface area contributed by atoms with Gasteiger partial charge in [0, 0.05) is 39.1 Å². The number of nitrogens with zero attached hydrogens (tertiary/aromatic N) is 1. The van der Waals surface area contributed by atoms with Crippen LogP contribution in [0.5, 0.6) is 0 Å². The summed E-state index contributed by atoms with van der Waals surface area (Å²) < 4.78 is 0. The molecule has 2 heteroatoms. The smallest absolute Gasteiger partial charge is 0.0630 e. The van der Waals surface area contributed by atoms with E-state index in [-0.39, 0.29) is 0 Å². The van der Waals surface area contributed by atoms with Crippen LogP contribution in [0.25, 0.3) is 27.4 Å². The van der Waals surface area contributed by atoms with Crippen molar-refractivity contribution in [1.82, 2.24) is 4.98 Å². The molecule has 1 N–H and O–H groups in total. The van der Waals surface area contributed by atoms with Gasteiger partial charge in [0.1, 0.15) is 0 Å². The third kappa shape index (κ3) is 2.88. The number of benzene rings is 4. The average molecular weight is 439 g/mol. The Labute approximate surface area is 199 Å². The minimum Gasteiger partial charge on any atom is -0.355 e. The lowest BCUT2D eigenvalue weighted by atomic mass is 9.85. The number of fused-ring (bicyclic) bond motifs is 6. The van der Waals surface area contributed by atoms with E-state index in [0.29, 0.717) is 12.0 Å². The highest BCUT2D eigenvalue weighted by Crippen LogP contribution is 2.49. The van der Waals surface area contributed by atoms with Crippen LogP contribution in [0.15, 0.2) is 103 Å². The Morgan fingerprint density at radius 1 is 0.735 bits per heavy atom. The van der Waals surface area contributed by atoms with Gasteiger partial charge >= 0.3 is 0 Å². The van der Waals surface area contributed by atoms with Crippen LogP contribution in [0.4, 0.5) is 11.4 Å². The molecule has 34 heavy (non-hydrogen) atoms. The highest BCUT2D eigenvalue weighted by Gasteiger charge is 2.38. The first-order chi connectivity index (χ1) is 16.7. The zero-order chi connectivity index (χ0) is 22.8. The Bertz CT molecular complexity index is 1630. The van der Waals surface area contributed by atoms with E-state index in [2.05, 4.69) is 127 Å². The monoisotopic (exact) mass is 438 g/mol. The molecule has 0 amide bonds. The van der Waals surface area contributed by atoms with Crippen LogP contribution in [0.3, 0.4) is 0 Å². The van der Waals surface area contributed by atoms with Crippen LogP contribution >= 0.6 is 0 Å². The summed E-state index contributed by atoms with van der Waals surface area (Å²) in [5.41, 5.74) is 11.5. The van der Waals surface area contributed by atoms with Crippen molar-refractivity contribution in [3.05, 3.63) is 125 Å². The van der Waals surface area contributed by atoms with Crippen LogP contribution in [-0.2, 0) is 0 Å². The summed E-state index contributed by atoms with van der Waals surface area (Å²) in [6.45, 7) is 4.34. The van der Waals surface area contributed by atoms with Gasteiger partial charge in [-0.2, -0.15) is 0 Å². The number of allylic oxidation sites excluding steroid dienone is 2. The van der Waals surface area contributed by atoms with Gasteiger partial charge in [-0.15, -0.1) is 0 Å². The van der Waals surface area contributed by atoms with Crippen LogP contribution in [0.2, 0.25) is 0 Å². The summed E-state index contributed by atoms with van der Waals surface area (Å²) in [6, 6.07) is 31.5. The second kappa shape index (κ2) is 7.23. The Balaban J connectivity index is 1.35. The minimum atomic E-state index is 0.292. The van der Waals surface area contributed by atoms with Gasteiger partial charge in [-0.1, -0.05) is 77.9 Å². The fraction of sp³-hybridized carbons (Fsp3) is 0.125. The summed E-state index contributed by atoms with van der Waals surface area (Å²) >= 11 is 0. The summed E-state index contributed by atoms with van der Waals surface area (Å²) in [5.74, 6) is 0.329. The molecule has 0 spiro atoms. The molecule has 5 aromatic rings. The van der Waals surface area contributed by atoms with E-state index in [0.717, 1.165) is 0 Å². The predicted molar refractivity (Wildman–Crippen MR) is 144 cm³/mol. The third-order valence-corrected chi connectivity index (χ3v) is 7.45. The molecule has 164 valence electrons. The predicted octanol–water partition coefficient (Wildman–Crippen LogP) is 8.20. The minimum absolute atomic E-state index is 0.292. The quantitative estimate of drug-likeness (QED) is 0.294. The number of aryl methyl sites for hydroxylation is 2. The summed E-state index contributed by atoms with van der Waals surface area (Å²) in [7, 11) is 0. The average Bonchev–Trinajstić information content (AvgIpc) is 3.39. The lowest BCUT2D eigenvalue weighted by Gasteiger charge is -2.30. The molecular weight excluding hydrogens is 412 g/mol. The molecule has 1 aliphatic carbocycles. The van der Waals surface area contributed by atoms with Gasteiger partial charge in [0.25, 0.3) is 0 Å². The second-order valence-electron chi connectivity index (χ2n) is 9.70. The van der Waals surface area contributed by atoms with Crippen molar-refractivity contribution in [3.8, 4) is 0 Å². The van der Waals surface area contributed by atoms with E-state index < -0.39 is 0 Å². The highest BCUT2D eigenvalue weighted by atomic mass is 15.2. The molecular formula is C32H26N2. The van der Waals surface area contributed by atoms with E-state index in [4.69, 9.17) is 0 Å². The fourth-order valence-electron chi connectivity index (χ4n) is 5.75. The van der Waals surface area contributed by atoms with Gasteiger partial charge in [-0.3, -0.25) is 0 Å². The normalized spacial score (nSPS) is 18.9. The molecule has 2 atom stereocenters. The third-order valence-electron chi connectivity index (χ3n) is 7.45. The van der Waals surface area contributed by atoms with Crippen molar-refractivity contribution in [2.24, 2.45) is 0 Å². The maximum Gasteiger partial charge on any atom is 0.0630 e. The molecule has 0 bridgehead atoms. The summed E-state index contributed by atoms with van der Waals surface area (Å²) in [4.78, 5) is 6.05. The maximum atomic E-state index is 3.55. The maximum absolute atomic E-state index is 3.55. The molecule has 0 fully saturated rings. The van der Waals surface area contributed by atoms with Crippen LogP contribution in [0, 0.1) is 13.8 Å². The zero-order valence-corrected chi connectivity index (χ0v) is 19.4. The Morgan fingerprint density at radius 3 is 2.41 bits per heavy atom. The number of nitrogens with one attached hydrogen (secondary N) is 1. The van der Waals surface area contributed by atoms with Crippen molar-refractivity contribution in [1.29, 1.82) is 0 Å². The standard InChI is InChI=1S/C32H26N2/c1-20-7-12-24(13-8-20)34-31-15-9-21(2)17-27(31)28-19-23(11-16-32(28)34)22-10-14-30-26(18-22)25-5-3-4-6-29(25)33-30/h3-19,28,32-33H,1-2H3. The molecule has 1 aromatic heterocycles. The number of aromatic nitrogens is 1. The molecule has 2 nitrogen and oxygen atoms in total. The SMILES string of the molecule is Cc1ccc(N2c3ccc(C)cc3C3C=C(c4ccc5[nH]c6ccccc6c5c4)C=CC32)cc1. The van der Waals surface area contributed by atoms with Crippen molar-refractivity contribution < 1.29 is 0 Å². The number of anilines is 2. The van der Waals surface area contributed by atoms with Gasteiger partial charge in [0.15, 0.2) is 0 Å². The number of H-pyrrole nitrogens is 1. The Morgan fingerprint density at radius 2 is 1.53 bits per heavy atom.